The van der Waals surface area contributed by atoms with Crippen LogP contribution in [-0.2, 0) is 33.2 Å². The van der Waals surface area contributed by atoms with E-state index in [1.807, 2.05) is 20.8 Å². The topological polar surface area (TPSA) is 301 Å². The van der Waals surface area contributed by atoms with E-state index in [0.717, 1.165) is 0 Å². The molecule has 0 heterocycles. The third kappa shape index (κ3) is 76.4. The predicted octanol–water partition coefficient (Wildman–Crippen LogP) is 7.03. The molecule has 0 bridgehead atoms. The average molecular weight is 849 g/mol. The van der Waals surface area contributed by atoms with Crippen molar-refractivity contribution in [2.24, 2.45) is 17.2 Å². The van der Waals surface area contributed by atoms with Crippen molar-refractivity contribution >= 4 is 36.7 Å². The van der Waals surface area contributed by atoms with Gasteiger partial charge in [-0.1, -0.05) is 14.9 Å². The molecule has 350 valence electrons. The first-order valence-corrected chi connectivity index (χ1v) is 17.8. The quantitative estimate of drug-likeness (QED) is 0.0610. The van der Waals surface area contributed by atoms with Crippen molar-refractivity contribution in [2.75, 3.05) is 39.3 Å². The molecular formula is C38H84N6O14. The van der Waals surface area contributed by atoms with E-state index in [-0.39, 0.29) is 27.9 Å². The highest BCUT2D eigenvalue weighted by molar-refractivity contribution is 5.77. The van der Waals surface area contributed by atoms with Gasteiger partial charge in [0.1, 0.15) is 33.6 Å². The summed E-state index contributed by atoms with van der Waals surface area (Å²) < 4.78 is 33.2. The SMILES string of the molecule is C.C.CC(C)(C)OC(=O)NCCN.CC(C)(C)OC(=O)NCCNC(=O)OC(C)(C)C.CC(C)(C)OC(=O)O.CC(C)(C)OC(=O)OC(=O)OC(C)(C)C.NCCN. The average Bonchev–Trinajstić information content (AvgIpc) is 2.89. The van der Waals surface area contributed by atoms with Gasteiger partial charge in [-0.2, -0.15) is 0 Å². The number of rotatable bonds is 6. The molecule has 0 aromatic heterocycles. The van der Waals surface area contributed by atoms with Gasteiger partial charge in [0.05, 0.1) is 0 Å². The van der Waals surface area contributed by atoms with E-state index in [4.69, 9.17) is 46.0 Å². The van der Waals surface area contributed by atoms with Crippen molar-refractivity contribution in [1.82, 2.24) is 16.0 Å². The zero-order chi connectivity index (χ0) is 45.8. The number of carbonyl (C=O) groups excluding carboxylic acids is 5. The maximum Gasteiger partial charge on any atom is 0.519 e. The molecule has 20 nitrogen and oxygen atoms in total. The van der Waals surface area contributed by atoms with E-state index in [9.17, 15) is 28.8 Å². The minimum Gasteiger partial charge on any atom is -0.450 e. The lowest BCUT2D eigenvalue weighted by Crippen LogP contribution is -2.39. The van der Waals surface area contributed by atoms with Gasteiger partial charge in [-0.3, -0.25) is 0 Å². The second kappa shape index (κ2) is 32.6. The van der Waals surface area contributed by atoms with Gasteiger partial charge in [-0.05, 0) is 125 Å². The predicted molar refractivity (Wildman–Crippen MR) is 226 cm³/mol. The smallest absolute Gasteiger partial charge is 0.450 e. The van der Waals surface area contributed by atoms with Crippen molar-refractivity contribution in [1.29, 1.82) is 0 Å². The van der Waals surface area contributed by atoms with Gasteiger partial charge in [0, 0.05) is 39.3 Å². The molecule has 0 radical (unpaired) electrons. The summed E-state index contributed by atoms with van der Waals surface area (Å²) in [6, 6.07) is 0. The molecule has 20 heteroatoms. The monoisotopic (exact) mass is 849 g/mol. The molecule has 0 aliphatic rings. The Morgan fingerprint density at radius 2 is 0.621 bits per heavy atom. The van der Waals surface area contributed by atoms with Crippen LogP contribution in [-0.4, -0.2) is 115 Å². The van der Waals surface area contributed by atoms with E-state index in [1.165, 1.54) is 0 Å². The van der Waals surface area contributed by atoms with Crippen LogP contribution in [0.4, 0.5) is 28.8 Å². The molecule has 0 aromatic rings. The molecule has 0 aromatic carbocycles. The number of hydrogen-bond donors (Lipinski definition) is 7. The largest absolute Gasteiger partial charge is 0.519 e. The lowest BCUT2D eigenvalue weighted by Gasteiger charge is -2.21. The minimum atomic E-state index is -1.22. The van der Waals surface area contributed by atoms with E-state index < -0.39 is 70.4 Å². The van der Waals surface area contributed by atoms with Crippen LogP contribution >= 0.6 is 0 Å². The number of alkyl carbamates (subject to hydrolysis) is 3. The summed E-state index contributed by atoms with van der Waals surface area (Å²) in [5.41, 5.74) is 11.5. The van der Waals surface area contributed by atoms with Gasteiger partial charge in [0.15, 0.2) is 0 Å². The molecule has 0 aliphatic heterocycles. The molecule has 0 fully saturated rings. The highest BCUT2D eigenvalue weighted by Gasteiger charge is 2.24. The maximum absolute atomic E-state index is 11.3. The molecule has 0 saturated heterocycles. The van der Waals surface area contributed by atoms with Crippen molar-refractivity contribution in [3.05, 3.63) is 0 Å². The summed E-state index contributed by atoms with van der Waals surface area (Å²) >= 11 is 0. The summed E-state index contributed by atoms with van der Waals surface area (Å²) in [5.74, 6) is 0. The van der Waals surface area contributed by atoms with Crippen LogP contribution in [0.3, 0.4) is 0 Å². The minimum absolute atomic E-state index is 0. The first kappa shape index (κ1) is 68.4. The Morgan fingerprint density at radius 1 is 0.397 bits per heavy atom. The molecule has 0 atom stereocenters. The van der Waals surface area contributed by atoms with Crippen LogP contribution < -0.4 is 33.2 Å². The lowest BCUT2D eigenvalue weighted by molar-refractivity contribution is -0.0295. The Morgan fingerprint density at radius 3 is 0.776 bits per heavy atom. The zero-order valence-electron chi connectivity index (χ0n) is 37.2. The Kier molecular flexibility index (Phi) is 38.5. The van der Waals surface area contributed by atoms with Crippen molar-refractivity contribution in [3.63, 3.8) is 0 Å². The first-order valence-electron chi connectivity index (χ1n) is 17.8. The van der Waals surface area contributed by atoms with Gasteiger partial charge in [0.2, 0.25) is 0 Å². The van der Waals surface area contributed by atoms with Gasteiger partial charge in [-0.25, -0.2) is 28.8 Å². The highest BCUT2D eigenvalue weighted by atomic mass is 16.8. The third-order valence-corrected chi connectivity index (χ3v) is 3.78. The molecule has 0 unspecified atom stereocenters. The second-order valence-electron chi connectivity index (χ2n) is 17.2. The molecule has 0 saturated carbocycles. The van der Waals surface area contributed by atoms with E-state index in [2.05, 4.69) is 25.4 Å². The Bertz CT molecular complexity index is 1070. The number of nitrogens with one attached hydrogen (secondary N) is 3. The number of carbonyl (C=O) groups is 6. The van der Waals surface area contributed by atoms with Gasteiger partial charge in [0.25, 0.3) is 0 Å². The zero-order valence-corrected chi connectivity index (χ0v) is 37.2. The maximum atomic E-state index is 11.3. The van der Waals surface area contributed by atoms with E-state index in [0.29, 0.717) is 26.2 Å². The molecule has 0 rings (SSSR count). The van der Waals surface area contributed by atoms with Crippen LogP contribution in [0, 0.1) is 0 Å². The highest BCUT2D eigenvalue weighted by Crippen LogP contribution is 2.12. The number of nitrogens with two attached hydrogens (primary N) is 3. The summed E-state index contributed by atoms with van der Waals surface area (Å²) in [6.45, 7) is 33.9. The van der Waals surface area contributed by atoms with Crippen LogP contribution in [0.1, 0.15) is 139 Å². The van der Waals surface area contributed by atoms with Crippen LogP contribution in [0.15, 0.2) is 0 Å². The Balaban J connectivity index is -0.000000118. The van der Waals surface area contributed by atoms with Crippen LogP contribution in [0.5, 0.6) is 0 Å². The molecule has 3 amide bonds. The van der Waals surface area contributed by atoms with Crippen molar-refractivity contribution < 1.29 is 67.0 Å². The molecule has 10 N–H and O–H groups in total. The third-order valence-electron chi connectivity index (χ3n) is 3.78. The fraction of sp³-hybridized carbons (Fsp3) is 0.842. The fourth-order valence-corrected chi connectivity index (χ4v) is 2.32. The fourth-order valence-electron chi connectivity index (χ4n) is 2.32. The Hall–Kier alpha value is -4.30. The summed E-state index contributed by atoms with van der Waals surface area (Å²) in [7, 11) is 0. The molecule has 0 aliphatic carbocycles. The number of amides is 3. The normalized spacial score (nSPS) is 10.8. The van der Waals surface area contributed by atoms with Crippen LogP contribution in [0.25, 0.3) is 0 Å². The van der Waals surface area contributed by atoms with Gasteiger partial charge >= 0.3 is 36.7 Å². The van der Waals surface area contributed by atoms with Crippen molar-refractivity contribution in [3.8, 4) is 0 Å². The molecule has 0 spiro atoms. The lowest BCUT2D eigenvalue weighted by atomic mass is 10.2. The number of ether oxygens (including phenoxy) is 7. The molecule has 58 heavy (non-hydrogen) atoms. The summed E-state index contributed by atoms with van der Waals surface area (Å²) in [6.07, 6.45) is -4.77. The van der Waals surface area contributed by atoms with Crippen LogP contribution in [0.2, 0.25) is 0 Å². The van der Waals surface area contributed by atoms with Gasteiger partial charge < -0.3 is 71.4 Å². The second-order valence-corrected chi connectivity index (χ2v) is 17.2. The Labute approximate surface area is 349 Å². The first-order chi connectivity index (χ1) is 24.8. The van der Waals surface area contributed by atoms with E-state index >= 15 is 0 Å². The number of carboxylic acid groups (broad SMARTS) is 1. The summed E-state index contributed by atoms with van der Waals surface area (Å²) in [4.78, 5) is 65.2. The molecular weight excluding hydrogens is 764 g/mol. The van der Waals surface area contributed by atoms with Gasteiger partial charge in [-0.15, -0.1) is 0 Å². The standard InChI is InChI=1S/C12H24N2O4.C10H18O5.C7H16N2O2.C5H10O3.C2H8N2.2CH4/c1-11(2,3)17-9(15)13-7-8-14-10(16)18-12(4,5)6;1-9(2,3)14-7(11)13-8(12)15-10(4,5)6;1-7(2,3)11-6(10)9-5-4-8;1-5(2,3)8-4(6)7;3-1-2-4;;/h7-8H2,1-6H3,(H,13,15)(H,14,16);1-6H3;4-5,8H2,1-3H3,(H,9,10);1-3H3,(H,6,7);1-4H2;2*1H4. The van der Waals surface area contributed by atoms with Crippen molar-refractivity contribution in [2.45, 2.75) is 173 Å². The number of hydrogen-bond acceptors (Lipinski definition) is 16. The van der Waals surface area contributed by atoms with E-state index in [1.54, 1.807) is 104 Å². The summed E-state index contributed by atoms with van der Waals surface area (Å²) in [5, 5.41) is 15.6.